The number of ether oxygens (including phenoxy) is 1. The molecule has 1 aromatic carbocycles. The monoisotopic (exact) mass is 281 g/mol. The summed E-state index contributed by atoms with van der Waals surface area (Å²) >= 11 is 0. The molecule has 1 amide bonds. The van der Waals surface area contributed by atoms with Gasteiger partial charge in [-0.1, -0.05) is 0 Å². The van der Waals surface area contributed by atoms with Crippen LogP contribution in [0.25, 0.3) is 0 Å². The van der Waals surface area contributed by atoms with Gasteiger partial charge in [-0.2, -0.15) is 0 Å². The Hall–Kier alpha value is -1.66. The fraction of sp³-hybridized carbons (Fsp3) is 0.500. The fourth-order valence-corrected chi connectivity index (χ4v) is 2.23. The quantitative estimate of drug-likeness (QED) is 0.888. The topological polar surface area (TPSA) is 44.8 Å². The van der Waals surface area contributed by atoms with Crippen LogP contribution in [-0.4, -0.2) is 52.9 Å². The Morgan fingerprint density at radius 2 is 2.15 bits per heavy atom. The standard InChI is InChI=1S/C14H20FN3O2/c1-17(14(19)10-20-2)11-3-4-13(12(15)9-11)18-7-5-16-6-8-18/h3-4,9,16H,5-8,10H2,1-2H3. The third-order valence-corrected chi connectivity index (χ3v) is 3.42. The molecule has 1 aliphatic heterocycles. The minimum Gasteiger partial charge on any atom is -0.375 e. The molecule has 6 heteroatoms. The van der Waals surface area contributed by atoms with Crippen molar-refractivity contribution in [3.05, 3.63) is 24.0 Å². The highest BCUT2D eigenvalue weighted by Crippen LogP contribution is 2.25. The Labute approximate surface area is 118 Å². The number of carbonyl (C=O) groups excluding carboxylic acids is 1. The number of benzene rings is 1. The molecule has 110 valence electrons. The largest absolute Gasteiger partial charge is 0.375 e. The molecule has 1 heterocycles. The van der Waals surface area contributed by atoms with Gasteiger partial charge in [0.1, 0.15) is 12.4 Å². The summed E-state index contributed by atoms with van der Waals surface area (Å²) in [7, 11) is 3.07. The van der Waals surface area contributed by atoms with Crippen LogP contribution in [0.5, 0.6) is 0 Å². The predicted octanol–water partition coefficient (Wildman–Crippen LogP) is 0.845. The normalized spacial score (nSPS) is 15.2. The summed E-state index contributed by atoms with van der Waals surface area (Å²) in [6.45, 7) is 3.27. The SMILES string of the molecule is COCC(=O)N(C)c1ccc(N2CCNCC2)c(F)c1. The fourth-order valence-electron chi connectivity index (χ4n) is 2.23. The Balaban J connectivity index is 2.14. The molecule has 0 bridgehead atoms. The zero-order valence-electron chi connectivity index (χ0n) is 11.9. The van der Waals surface area contributed by atoms with Crippen molar-refractivity contribution in [1.82, 2.24) is 5.32 Å². The van der Waals surface area contributed by atoms with E-state index in [0.717, 1.165) is 26.2 Å². The summed E-state index contributed by atoms with van der Waals surface area (Å²) in [5.41, 5.74) is 1.12. The van der Waals surface area contributed by atoms with Crippen molar-refractivity contribution in [2.75, 3.05) is 56.7 Å². The number of rotatable bonds is 4. The second-order valence-corrected chi connectivity index (χ2v) is 4.76. The lowest BCUT2D eigenvalue weighted by Gasteiger charge is -2.30. The van der Waals surface area contributed by atoms with E-state index in [2.05, 4.69) is 5.32 Å². The van der Waals surface area contributed by atoms with E-state index in [9.17, 15) is 9.18 Å². The number of hydrogen-bond acceptors (Lipinski definition) is 4. The van der Waals surface area contributed by atoms with Gasteiger partial charge in [0.2, 0.25) is 0 Å². The smallest absolute Gasteiger partial charge is 0.252 e. The molecular formula is C14H20FN3O2. The van der Waals surface area contributed by atoms with Crippen molar-refractivity contribution in [2.45, 2.75) is 0 Å². The van der Waals surface area contributed by atoms with E-state index in [1.54, 1.807) is 19.2 Å². The average Bonchev–Trinajstić information content (AvgIpc) is 2.47. The zero-order valence-corrected chi connectivity index (χ0v) is 11.9. The third-order valence-electron chi connectivity index (χ3n) is 3.42. The number of anilines is 2. The van der Waals surface area contributed by atoms with E-state index in [1.807, 2.05) is 4.90 Å². The molecule has 0 atom stereocenters. The minimum atomic E-state index is -0.304. The van der Waals surface area contributed by atoms with Crippen LogP contribution in [0.1, 0.15) is 0 Å². The van der Waals surface area contributed by atoms with E-state index in [0.29, 0.717) is 11.4 Å². The van der Waals surface area contributed by atoms with Gasteiger partial charge in [0.05, 0.1) is 5.69 Å². The lowest BCUT2D eigenvalue weighted by molar-refractivity contribution is -0.121. The van der Waals surface area contributed by atoms with Crippen molar-refractivity contribution in [3.8, 4) is 0 Å². The lowest BCUT2D eigenvalue weighted by Crippen LogP contribution is -2.43. The maximum Gasteiger partial charge on any atom is 0.252 e. The number of amides is 1. The molecule has 1 aromatic rings. The van der Waals surface area contributed by atoms with E-state index < -0.39 is 0 Å². The summed E-state index contributed by atoms with van der Waals surface area (Å²) in [4.78, 5) is 15.1. The Morgan fingerprint density at radius 1 is 1.45 bits per heavy atom. The van der Waals surface area contributed by atoms with E-state index >= 15 is 0 Å². The first kappa shape index (κ1) is 14.7. The second kappa shape index (κ2) is 6.67. The van der Waals surface area contributed by atoms with Crippen LogP contribution in [0.4, 0.5) is 15.8 Å². The molecule has 0 radical (unpaired) electrons. The third kappa shape index (κ3) is 3.26. The molecule has 1 saturated heterocycles. The highest BCUT2D eigenvalue weighted by Gasteiger charge is 2.17. The van der Waals surface area contributed by atoms with Gasteiger partial charge >= 0.3 is 0 Å². The number of carbonyl (C=O) groups is 1. The van der Waals surface area contributed by atoms with Crippen molar-refractivity contribution in [3.63, 3.8) is 0 Å². The Bertz CT molecular complexity index is 475. The molecule has 1 fully saturated rings. The summed E-state index contributed by atoms with van der Waals surface area (Å²) < 4.78 is 19.0. The van der Waals surface area contributed by atoms with Crippen LogP contribution in [0, 0.1) is 5.82 Å². The number of methoxy groups -OCH3 is 1. The van der Waals surface area contributed by atoms with Gasteiger partial charge < -0.3 is 19.9 Å². The van der Waals surface area contributed by atoms with Crippen molar-refractivity contribution < 1.29 is 13.9 Å². The first-order valence-corrected chi connectivity index (χ1v) is 6.64. The number of hydrogen-bond donors (Lipinski definition) is 1. The molecule has 1 aliphatic rings. The zero-order chi connectivity index (χ0) is 14.5. The van der Waals surface area contributed by atoms with Crippen LogP contribution in [0.3, 0.4) is 0 Å². The molecule has 0 spiro atoms. The number of nitrogens with zero attached hydrogens (tertiary/aromatic N) is 2. The molecule has 1 N–H and O–H groups in total. The maximum atomic E-state index is 14.2. The van der Waals surface area contributed by atoms with Crippen molar-refractivity contribution in [1.29, 1.82) is 0 Å². The van der Waals surface area contributed by atoms with Crippen molar-refractivity contribution >= 4 is 17.3 Å². The van der Waals surface area contributed by atoms with E-state index in [4.69, 9.17) is 4.74 Å². The van der Waals surface area contributed by atoms with Gasteiger partial charge in [-0.05, 0) is 18.2 Å². The van der Waals surface area contributed by atoms with Gasteiger partial charge in [-0.15, -0.1) is 0 Å². The van der Waals surface area contributed by atoms with E-state index in [1.165, 1.54) is 18.1 Å². The molecule has 0 saturated carbocycles. The van der Waals surface area contributed by atoms with Crippen LogP contribution < -0.4 is 15.1 Å². The van der Waals surface area contributed by atoms with Crippen LogP contribution in [0.15, 0.2) is 18.2 Å². The van der Waals surface area contributed by atoms with Crippen molar-refractivity contribution in [2.24, 2.45) is 0 Å². The van der Waals surface area contributed by atoms with Gasteiger partial charge in [-0.3, -0.25) is 4.79 Å². The minimum absolute atomic E-state index is 0.0162. The molecule has 20 heavy (non-hydrogen) atoms. The Morgan fingerprint density at radius 3 is 2.75 bits per heavy atom. The summed E-state index contributed by atoms with van der Waals surface area (Å²) in [6.07, 6.45) is 0. The second-order valence-electron chi connectivity index (χ2n) is 4.76. The van der Waals surface area contributed by atoms with Crippen LogP contribution in [-0.2, 0) is 9.53 Å². The molecule has 0 unspecified atom stereocenters. The summed E-state index contributed by atoms with van der Waals surface area (Å²) in [6, 6.07) is 4.88. The predicted molar refractivity (Wildman–Crippen MR) is 76.8 cm³/mol. The first-order chi connectivity index (χ1) is 9.63. The lowest BCUT2D eigenvalue weighted by atomic mass is 10.2. The first-order valence-electron chi connectivity index (χ1n) is 6.64. The molecule has 5 nitrogen and oxygen atoms in total. The Kier molecular flexibility index (Phi) is 4.92. The molecular weight excluding hydrogens is 261 g/mol. The summed E-state index contributed by atoms with van der Waals surface area (Å²) in [5, 5.41) is 3.23. The van der Waals surface area contributed by atoms with Crippen LogP contribution in [0.2, 0.25) is 0 Å². The van der Waals surface area contributed by atoms with Crippen LogP contribution >= 0.6 is 0 Å². The van der Waals surface area contributed by atoms with Gasteiger partial charge in [0.15, 0.2) is 0 Å². The number of nitrogens with one attached hydrogen (secondary N) is 1. The number of likely N-dealkylation sites (N-methyl/N-ethyl adjacent to an activating group) is 1. The highest BCUT2D eigenvalue weighted by molar-refractivity contribution is 5.93. The van der Waals surface area contributed by atoms with Gasteiger partial charge in [0.25, 0.3) is 5.91 Å². The van der Waals surface area contributed by atoms with Gasteiger partial charge in [-0.25, -0.2) is 4.39 Å². The summed E-state index contributed by atoms with van der Waals surface area (Å²) in [5.74, 6) is -0.511. The highest BCUT2D eigenvalue weighted by atomic mass is 19.1. The molecule has 0 aromatic heterocycles. The molecule has 0 aliphatic carbocycles. The average molecular weight is 281 g/mol. The molecule has 2 rings (SSSR count). The van der Waals surface area contributed by atoms with E-state index in [-0.39, 0.29) is 18.3 Å². The number of halogens is 1. The van der Waals surface area contributed by atoms with Gasteiger partial charge in [0, 0.05) is 46.0 Å². The number of piperazine rings is 1. The maximum absolute atomic E-state index is 14.2.